The van der Waals surface area contributed by atoms with Gasteiger partial charge in [0.2, 0.25) is 0 Å². The Balaban J connectivity index is 2.04. The van der Waals surface area contributed by atoms with Gasteiger partial charge in [-0.15, -0.1) is 11.3 Å². The van der Waals surface area contributed by atoms with E-state index < -0.39 is 5.91 Å². The van der Waals surface area contributed by atoms with E-state index in [2.05, 4.69) is 10.3 Å². The molecule has 0 aliphatic rings. The zero-order valence-electron chi connectivity index (χ0n) is 8.51. The minimum atomic E-state index is -0.514. The van der Waals surface area contributed by atoms with E-state index in [4.69, 9.17) is 5.73 Å². The lowest BCUT2D eigenvalue weighted by molar-refractivity contribution is 0.0995. The van der Waals surface area contributed by atoms with Crippen molar-refractivity contribution in [3.05, 3.63) is 46.4 Å². The predicted molar refractivity (Wildman–Crippen MR) is 64.4 cm³/mol. The van der Waals surface area contributed by atoms with Crippen molar-refractivity contribution in [1.29, 1.82) is 0 Å². The third-order valence-electron chi connectivity index (χ3n) is 2.06. The van der Waals surface area contributed by atoms with Crippen LogP contribution in [0.15, 0.2) is 35.8 Å². The van der Waals surface area contributed by atoms with Crippen LogP contribution in [0.3, 0.4) is 0 Å². The number of nitrogens with one attached hydrogen (secondary N) is 1. The van der Waals surface area contributed by atoms with Gasteiger partial charge in [-0.1, -0.05) is 6.07 Å². The van der Waals surface area contributed by atoms with Crippen LogP contribution in [0.1, 0.15) is 15.4 Å². The summed E-state index contributed by atoms with van der Waals surface area (Å²) in [4.78, 5) is 16.0. The van der Waals surface area contributed by atoms with E-state index in [0.29, 0.717) is 0 Å². The Kier molecular flexibility index (Phi) is 3.16. The smallest absolute Gasteiger partial charge is 0.267 e. The Morgan fingerprint density at radius 2 is 2.38 bits per heavy atom. The summed E-state index contributed by atoms with van der Waals surface area (Å²) in [6.45, 7) is 0.736. The largest absolute Gasteiger partial charge is 0.380 e. The molecule has 4 nitrogen and oxygen atoms in total. The molecule has 2 rings (SSSR count). The van der Waals surface area contributed by atoms with Gasteiger partial charge in [-0.25, -0.2) is 0 Å². The highest BCUT2D eigenvalue weighted by atomic mass is 32.1. The van der Waals surface area contributed by atoms with E-state index in [9.17, 15) is 4.79 Å². The van der Waals surface area contributed by atoms with Crippen molar-refractivity contribution in [2.45, 2.75) is 6.54 Å². The first kappa shape index (κ1) is 10.6. The van der Waals surface area contributed by atoms with Gasteiger partial charge in [0.05, 0.1) is 0 Å². The lowest BCUT2D eigenvalue weighted by Gasteiger charge is -2.05. The van der Waals surface area contributed by atoms with Gasteiger partial charge in [0.15, 0.2) is 0 Å². The number of nitrogens with zero attached hydrogens (tertiary/aromatic N) is 1. The maximum absolute atomic E-state index is 10.9. The molecule has 0 radical (unpaired) electrons. The molecule has 5 heteroatoms. The third-order valence-corrected chi connectivity index (χ3v) is 2.94. The van der Waals surface area contributed by atoms with Gasteiger partial charge in [0, 0.05) is 23.3 Å². The summed E-state index contributed by atoms with van der Waals surface area (Å²) < 4.78 is 0. The molecule has 0 atom stereocenters. The van der Waals surface area contributed by atoms with Gasteiger partial charge in [0.1, 0.15) is 5.69 Å². The summed E-state index contributed by atoms with van der Waals surface area (Å²) in [6.07, 6.45) is 1.57. The lowest BCUT2D eigenvalue weighted by Crippen LogP contribution is -2.13. The van der Waals surface area contributed by atoms with Crippen LogP contribution < -0.4 is 11.1 Å². The molecular formula is C11H11N3OS. The lowest BCUT2D eigenvalue weighted by atomic mass is 10.3. The molecule has 1 amide bonds. The zero-order chi connectivity index (χ0) is 11.4. The van der Waals surface area contributed by atoms with Gasteiger partial charge in [-0.05, 0) is 23.6 Å². The van der Waals surface area contributed by atoms with Gasteiger partial charge in [0.25, 0.3) is 5.91 Å². The average molecular weight is 233 g/mol. The molecule has 0 saturated heterocycles. The number of carbonyl (C=O) groups excluding carboxylic acids is 1. The van der Waals surface area contributed by atoms with Crippen LogP contribution in [0.4, 0.5) is 5.69 Å². The molecule has 0 fully saturated rings. The Labute approximate surface area is 97.1 Å². The average Bonchev–Trinajstić information content (AvgIpc) is 2.79. The number of carbonyl (C=O) groups is 1. The number of hydrogen-bond donors (Lipinski definition) is 2. The number of hydrogen-bond acceptors (Lipinski definition) is 4. The van der Waals surface area contributed by atoms with Crippen molar-refractivity contribution in [2.24, 2.45) is 5.73 Å². The van der Waals surface area contributed by atoms with Gasteiger partial charge >= 0.3 is 0 Å². The molecule has 0 aromatic carbocycles. The summed E-state index contributed by atoms with van der Waals surface area (Å²) in [5.41, 5.74) is 6.27. The molecule has 0 aliphatic heterocycles. The molecule has 0 aliphatic carbocycles. The minimum Gasteiger partial charge on any atom is -0.380 e. The molecule has 16 heavy (non-hydrogen) atoms. The second kappa shape index (κ2) is 4.76. The highest BCUT2D eigenvalue weighted by molar-refractivity contribution is 7.09. The first-order chi connectivity index (χ1) is 7.75. The Morgan fingerprint density at radius 3 is 3.06 bits per heavy atom. The highest BCUT2D eigenvalue weighted by Crippen LogP contribution is 2.13. The number of primary amides is 1. The number of pyridine rings is 1. The SMILES string of the molecule is NC(=O)c1cc(NCc2cccs2)ccn1. The molecule has 0 bridgehead atoms. The number of anilines is 1. The van der Waals surface area contributed by atoms with Crippen LogP contribution in [-0.2, 0) is 6.54 Å². The fourth-order valence-electron chi connectivity index (χ4n) is 1.28. The van der Waals surface area contributed by atoms with Crippen molar-refractivity contribution in [3.63, 3.8) is 0 Å². The molecule has 0 spiro atoms. The highest BCUT2D eigenvalue weighted by Gasteiger charge is 2.02. The number of nitrogens with two attached hydrogens (primary N) is 1. The predicted octanol–water partition coefficient (Wildman–Crippen LogP) is 1.85. The van der Waals surface area contributed by atoms with Gasteiger partial charge in [-0.3, -0.25) is 9.78 Å². The quantitative estimate of drug-likeness (QED) is 0.846. The van der Waals surface area contributed by atoms with Crippen LogP contribution in [-0.4, -0.2) is 10.9 Å². The van der Waals surface area contributed by atoms with Gasteiger partial charge in [-0.2, -0.15) is 0 Å². The van der Waals surface area contributed by atoms with E-state index in [1.807, 2.05) is 17.5 Å². The van der Waals surface area contributed by atoms with Gasteiger partial charge < -0.3 is 11.1 Å². The van der Waals surface area contributed by atoms with Crippen LogP contribution in [0.2, 0.25) is 0 Å². The normalized spacial score (nSPS) is 10.0. The maximum atomic E-state index is 10.9. The molecule has 3 N–H and O–H groups in total. The molecular weight excluding hydrogens is 222 g/mol. The second-order valence-corrected chi connectivity index (χ2v) is 4.26. The molecule has 2 aromatic heterocycles. The van der Waals surface area contributed by atoms with E-state index in [1.54, 1.807) is 29.7 Å². The van der Waals surface area contributed by atoms with Crippen LogP contribution in [0.5, 0.6) is 0 Å². The van der Waals surface area contributed by atoms with E-state index in [1.165, 1.54) is 4.88 Å². The zero-order valence-corrected chi connectivity index (χ0v) is 9.33. The summed E-state index contributed by atoms with van der Waals surface area (Å²) in [7, 11) is 0. The Morgan fingerprint density at radius 1 is 1.50 bits per heavy atom. The minimum absolute atomic E-state index is 0.274. The van der Waals surface area contributed by atoms with E-state index in [0.717, 1.165) is 12.2 Å². The summed E-state index contributed by atoms with van der Waals surface area (Å²) in [5, 5.41) is 5.23. The first-order valence-corrected chi connectivity index (χ1v) is 5.66. The fourth-order valence-corrected chi connectivity index (χ4v) is 1.92. The van der Waals surface area contributed by atoms with Crippen LogP contribution >= 0.6 is 11.3 Å². The van der Waals surface area contributed by atoms with Crippen LogP contribution in [0.25, 0.3) is 0 Å². The van der Waals surface area contributed by atoms with Crippen molar-refractivity contribution in [1.82, 2.24) is 4.98 Å². The van der Waals surface area contributed by atoms with Crippen molar-refractivity contribution >= 4 is 22.9 Å². The molecule has 82 valence electrons. The summed E-state index contributed by atoms with van der Waals surface area (Å²) in [5.74, 6) is -0.514. The summed E-state index contributed by atoms with van der Waals surface area (Å²) >= 11 is 1.68. The van der Waals surface area contributed by atoms with Crippen molar-refractivity contribution < 1.29 is 4.79 Å². The fraction of sp³-hybridized carbons (Fsp3) is 0.0909. The molecule has 0 saturated carbocycles. The number of amides is 1. The Hall–Kier alpha value is -1.88. The number of thiophene rings is 1. The van der Waals surface area contributed by atoms with Crippen molar-refractivity contribution in [3.8, 4) is 0 Å². The monoisotopic (exact) mass is 233 g/mol. The first-order valence-electron chi connectivity index (χ1n) is 4.78. The summed E-state index contributed by atoms with van der Waals surface area (Å²) in [6, 6.07) is 7.51. The maximum Gasteiger partial charge on any atom is 0.267 e. The molecule has 0 unspecified atom stereocenters. The topological polar surface area (TPSA) is 68.0 Å². The molecule has 2 heterocycles. The van der Waals surface area contributed by atoms with E-state index in [-0.39, 0.29) is 5.69 Å². The molecule has 2 aromatic rings. The van der Waals surface area contributed by atoms with Crippen LogP contribution in [0, 0.1) is 0 Å². The van der Waals surface area contributed by atoms with E-state index >= 15 is 0 Å². The number of rotatable bonds is 4. The standard InChI is InChI=1S/C11H11N3OS/c12-11(15)10-6-8(3-4-13-10)14-7-9-2-1-5-16-9/h1-6H,7H2,(H2,12,15)(H,13,14). The second-order valence-electron chi connectivity index (χ2n) is 3.23. The number of aromatic nitrogens is 1. The third kappa shape index (κ3) is 2.58. The van der Waals surface area contributed by atoms with Crippen molar-refractivity contribution in [2.75, 3.05) is 5.32 Å². The Bertz CT molecular complexity index is 482.